The molecule has 1 atom stereocenters. The molecule has 1 heterocycles. The summed E-state index contributed by atoms with van der Waals surface area (Å²) in [5.74, 6) is 0.116. The Hall–Kier alpha value is -1.43. The van der Waals surface area contributed by atoms with Gasteiger partial charge in [0, 0.05) is 19.6 Å². The van der Waals surface area contributed by atoms with Crippen LogP contribution in [0, 0.1) is 0 Å². The lowest BCUT2D eigenvalue weighted by Gasteiger charge is -2.18. The van der Waals surface area contributed by atoms with Crippen LogP contribution in [-0.4, -0.2) is 34.6 Å². The maximum absolute atomic E-state index is 11.2. The van der Waals surface area contributed by atoms with Crippen LogP contribution in [0.5, 0.6) is 0 Å². The van der Waals surface area contributed by atoms with E-state index >= 15 is 0 Å². The molecule has 1 aliphatic carbocycles. The van der Waals surface area contributed by atoms with Gasteiger partial charge in [0.1, 0.15) is 0 Å². The lowest BCUT2D eigenvalue weighted by molar-refractivity contribution is -0.117. The number of nitrogens with two attached hydrogens (primary N) is 1. The summed E-state index contributed by atoms with van der Waals surface area (Å²) in [6.07, 6.45) is 5.83. The van der Waals surface area contributed by atoms with Crippen molar-refractivity contribution in [2.24, 2.45) is 5.73 Å². The Kier molecular flexibility index (Phi) is 5.11. The third-order valence-electron chi connectivity index (χ3n) is 4.05. The maximum Gasteiger partial charge on any atom is 0.223 e. The van der Waals surface area contributed by atoms with E-state index in [1.165, 1.54) is 12.8 Å². The molecule has 1 fully saturated rings. The molecule has 2 rings (SSSR count). The average molecular weight is 280 g/mol. The van der Waals surface area contributed by atoms with Crippen LogP contribution in [0.1, 0.15) is 62.4 Å². The third kappa shape index (κ3) is 3.36. The average Bonchev–Trinajstić information content (AvgIpc) is 3.03. The highest BCUT2D eigenvalue weighted by Crippen LogP contribution is 2.36. The van der Waals surface area contributed by atoms with E-state index in [9.17, 15) is 4.79 Å². The molecule has 6 heteroatoms. The Labute approximate surface area is 119 Å². The van der Waals surface area contributed by atoms with Gasteiger partial charge in [-0.25, -0.2) is 4.68 Å². The second-order valence-corrected chi connectivity index (χ2v) is 5.62. The van der Waals surface area contributed by atoms with Crippen LogP contribution in [0.15, 0.2) is 0 Å². The molecule has 0 bridgehead atoms. The van der Waals surface area contributed by atoms with Gasteiger partial charge < -0.3 is 10.5 Å². The van der Waals surface area contributed by atoms with Gasteiger partial charge >= 0.3 is 0 Å². The fourth-order valence-corrected chi connectivity index (χ4v) is 2.98. The van der Waals surface area contributed by atoms with E-state index in [1.54, 1.807) is 7.11 Å². The number of methoxy groups -OCH3 is 1. The summed E-state index contributed by atoms with van der Waals surface area (Å²) < 4.78 is 7.11. The molecule has 0 radical (unpaired) electrons. The molecule has 1 amide bonds. The second-order valence-electron chi connectivity index (χ2n) is 5.62. The molecule has 1 aromatic heterocycles. The molecule has 1 aromatic rings. The van der Waals surface area contributed by atoms with Gasteiger partial charge in [-0.3, -0.25) is 4.79 Å². The normalized spacial score (nSPS) is 17.5. The Morgan fingerprint density at radius 3 is 2.80 bits per heavy atom. The van der Waals surface area contributed by atoms with Crippen molar-refractivity contribution in [3.8, 4) is 0 Å². The molecule has 0 saturated heterocycles. The van der Waals surface area contributed by atoms with Crippen LogP contribution in [-0.2, 0) is 16.0 Å². The monoisotopic (exact) mass is 280 g/mol. The van der Waals surface area contributed by atoms with Crippen molar-refractivity contribution in [3.63, 3.8) is 0 Å². The molecule has 0 spiro atoms. The Bertz CT molecular complexity index is 452. The summed E-state index contributed by atoms with van der Waals surface area (Å²) >= 11 is 0. The third-order valence-corrected chi connectivity index (χ3v) is 4.05. The largest absolute Gasteiger partial charge is 0.385 e. The standard InChI is InChI=1S/C14H24N4O2/c1-10(7-8-20-2)18-14(11-5-3-4-6-11)12(16-17-18)9-13(15)19/h10-11H,3-9H2,1-2H3,(H2,15,19). The summed E-state index contributed by atoms with van der Waals surface area (Å²) in [5.41, 5.74) is 7.20. The smallest absolute Gasteiger partial charge is 0.223 e. The summed E-state index contributed by atoms with van der Waals surface area (Å²) in [4.78, 5) is 11.2. The number of rotatable bonds is 7. The molecular weight excluding hydrogens is 256 g/mol. The van der Waals surface area contributed by atoms with E-state index in [4.69, 9.17) is 10.5 Å². The van der Waals surface area contributed by atoms with Gasteiger partial charge in [-0.1, -0.05) is 18.1 Å². The van der Waals surface area contributed by atoms with E-state index in [-0.39, 0.29) is 18.4 Å². The van der Waals surface area contributed by atoms with Gasteiger partial charge in [-0.2, -0.15) is 0 Å². The second kappa shape index (κ2) is 6.83. The molecule has 0 aliphatic heterocycles. The number of primary amides is 1. The highest BCUT2D eigenvalue weighted by Gasteiger charge is 2.27. The van der Waals surface area contributed by atoms with Crippen molar-refractivity contribution in [2.45, 2.75) is 57.4 Å². The minimum Gasteiger partial charge on any atom is -0.385 e. The first kappa shape index (κ1) is 15.0. The molecule has 0 aromatic carbocycles. The first-order valence-electron chi connectivity index (χ1n) is 7.34. The van der Waals surface area contributed by atoms with Gasteiger partial charge in [0.15, 0.2) is 0 Å². The molecule has 1 unspecified atom stereocenters. The SMILES string of the molecule is COCCC(C)n1nnc(CC(N)=O)c1C1CCCC1. The van der Waals surface area contributed by atoms with E-state index in [2.05, 4.69) is 17.2 Å². The Balaban J connectivity index is 2.25. The van der Waals surface area contributed by atoms with E-state index in [1.807, 2.05) is 4.68 Å². The number of aromatic nitrogens is 3. The van der Waals surface area contributed by atoms with Crippen LogP contribution < -0.4 is 5.73 Å². The first-order valence-corrected chi connectivity index (χ1v) is 7.34. The van der Waals surface area contributed by atoms with Gasteiger partial charge in [0.05, 0.1) is 23.9 Å². The predicted molar refractivity (Wildman–Crippen MR) is 75.3 cm³/mol. The van der Waals surface area contributed by atoms with Crippen molar-refractivity contribution in [2.75, 3.05) is 13.7 Å². The molecular formula is C14H24N4O2. The minimum atomic E-state index is -0.346. The van der Waals surface area contributed by atoms with Crippen LogP contribution >= 0.6 is 0 Å². The van der Waals surface area contributed by atoms with Crippen molar-refractivity contribution in [1.29, 1.82) is 0 Å². The van der Waals surface area contributed by atoms with Gasteiger partial charge in [-0.15, -0.1) is 5.10 Å². The van der Waals surface area contributed by atoms with Crippen molar-refractivity contribution < 1.29 is 9.53 Å². The maximum atomic E-state index is 11.2. The molecule has 1 aliphatic rings. The predicted octanol–water partition coefficient (Wildman–Crippen LogP) is 1.56. The Morgan fingerprint density at radius 1 is 1.50 bits per heavy atom. The van der Waals surface area contributed by atoms with Crippen molar-refractivity contribution in [3.05, 3.63) is 11.4 Å². The molecule has 112 valence electrons. The number of hydrogen-bond donors (Lipinski definition) is 1. The van der Waals surface area contributed by atoms with Crippen LogP contribution in [0.3, 0.4) is 0 Å². The van der Waals surface area contributed by atoms with Gasteiger partial charge in [0.2, 0.25) is 5.91 Å². The topological polar surface area (TPSA) is 83.0 Å². The molecule has 1 saturated carbocycles. The highest BCUT2D eigenvalue weighted by molar-refractivity contribution is 5.76. The van der Waals surface area contributed by atoms with Crippen LogP contribution in [0.25, 0.3) is 0 Å². The molecule has 20 heavy (non-hydrogen) atoms. The van der Waals surface area contributed by atoms with Crippen LogP contribution in [0.2, 0.25) is 0 Å². The van der Waals surface area contributed by atoms with Crippen molar-refractivity contribution in [1.82, 2.24) is 15.0 Å². The number of nitrogens with zero attached hydrogens (tertiary/aromatic N) is 3. The van der Waals surface area contributed by atoms with Gasteiger partial charge in [-0.05, 0) is 26.2 Å². The lowest BCUT2D eigenvalue weighted by atomic mass is 9.99. The minimum absolute atomic E-state index is 0.183. The summed E-state index contributed by atoms with van der Waals surface area (Å²) in [5, 5.41) is 8.47. The number of hydrogen-bond acceptors (Lipinski definition) is 4. The number of carbonyl (C=O) groups is 1. The summed E-state index contributed by atoms with van der Waals surface area (Å²) in [6.45, 7) is 2.80. The van der Waals surface area contributed by atoms with E-state index in [0.717, 1.165) is 30.7 Å². The zero-order valence-corrected chi connectivity index (χ0v) is 12.3. The zero-order chi connectivity index (χ0) is 14.5. The fourth-order valence-electron chi connectivity index (χ4n) is 2.98. The quantitative estimate of drug-likeness (QED) is 0.821. The molecule has 2 N–H and O–H groups in total. The number of amides is 1. The lowest BCUT2D eigenvalue weighted by Crippen LogP contribution is -2.18. The fraction of sp³-hybridized carbons (Fsp3) is 0.786. The van der Waals surface area contributed by atoms with Gasteiger partial charge in [0.25, 0.3) is 0 Å². The highest BCUT2D eigenvalue weighted by atomic mass is 16.5. The molecule has 6 nitrogen and oxygen atoms in total. The van der Waals surface area contributed by atoms with E-state index in [0.29, 0.717) is 12.5 Å². The van der Waals surface area contributed by atoms with Crippen LogP contribution in [0.4, 0.5) is 0 Å². The zero-order valence-electron chi connectivity index (χ0n) is 12.3. The Morgan fingerprint density at radius 2 is 2.20 bits per heavy atom. The number of ether oxygens (including phenoxy) is 1. The summed E-state index contributed by atoms with van der Waals surface area (Å²) in [7, 11) is 1.70. The summed E-state index contributed by atoms with van der Waals surface area (Å²) in [6, 6.07) is 0.222. The first-order chi connectivity index (χ1) is 9.63. The number of carbonyl (C=O) groups excluding carboxylic acids is 1. The van der Waals surface area contributed by atoms with E-state index < -0.39 is 0 Å². The van der Waals surface area contributed by atoms with Crippen molar-refractivity contribution >= 4 is 5.91 Å².